The van der Waals surface area contributed by atoms with Crippen molar-refractivity contribution in [2.45, 2.75) is 27.2 Å². The van der Waals surface area contributed by atoms with Crippen LogP contribution in [0.5, 0.6) is 0 Å². The van der Waals surface area contributed by atoms with Crippen LogP contribution in [0.3, 0.4) is 0 Å². The number of amides is 1. The second-order valence-corrected chi connectivity index (χ2v) is 5.51. The Labute approximate surface area is 130 Å². The summed E-state index contributed by atoms with van der Waals surface area (Å²) in [4.78, 5) is 12.0. The van der Waals surface area contributed by atoms with Crippen LogP contribution in [0, 0.1) is 26.6 Å². The van der Waals surface area contributed by atoms with Gasteiger partial charge in [0.25, 0.3) is 0 Å². The molecule has 0 bridgehead atoms. The quantitative estimate of drug-likeness (QED) is 0.869. The second kappa shape index (κ2) is 7.07. The lowest BCUT2D eigenvalue weighted by Gasteiger charge is -2.13. The van der Waals surface area contributed by atoms with E-state index in [0.717, 1.165) is 16.8 Å². The summed E-state index contributed by atoms with van der Waals surface area (Å²) in [5.41, 5.74) is 4.85. The molecule has 0 spiro atoms. The molecule has 0 aromatic heterocycles. The van der Waals surface area contributed by atoms with Gasteiger partial charge in [0.15, 0.2) is 0 Å². The number of nitrogens with one attached hydrogen (secondary N) is 2. The molecule has 2 rings (SSSR count). The van der Waals surface area contributed by atoms with Crippen LogP contribution >= 0.6 is 0 Å². The highest BCUT2D eigenvalue weighted by Gasteiger charge is 2.08. The van der Waals surface area contributed by atoms with Gasteiger partial charge >= 0.3 is 0 Å². The summed E-state index contributed by atoms with van der Waals surface area (Å²) in [6, 6.07) is 10.3. The van der Waals surface area contributed by atoms with Crippen LogP contribution in [0.25, 0.3) is 0 Å². The summed E-state index contributed by atoms with van der Waals surface area (Å²) in [6.07, 6.45) is 0.323. The van der Waals surface area contributed by atoms with Crippen molar-refractivity contribution in [3.05, 3.63) is 58.9 Å². The van der Waals surface area contributed by atoms with Crippen molar-refractivity contribution in [3.8, 4) is 0 Å². The molecule has 0 radical (unpaired) electrons. The van der Waals surface area contributed by atoms with Crippen molar-refractivity contribution in [1.29, 1.82) is 0 Å². The molecule has 2 aromatic carbocycles. The number of rotatable bonds is 5. The molecular formula is C18H21FN2O. The summed E-state index contributed by atoms with van der Waals surface area (Å²) in [7, 11) is 0. The molecule has 0 saturated heterocycles. The standard InChI is InChI=1S/C18H21FN2O/c1-12-9-13(2)18(14(3)10-12)21-17(22)7-8-20-16-6-4-5-15(19)11-16/h4-6,9-11,20H,7-8H2,1-3H3,(H,21,22). The minimum atomic E-state index is -0.291. The lowest BCUT2D eigenvalue weighted by molar-refractivity contribution is -0.115. The van der Waals surface area contributed by atoms with Crippen LogP contribution in [0.1, 0.15) is 23.1 Å². The Morgan fingerprint density at radius 1 is 1.09 bits per heavy atom. The molecule has 3 nitrogen and oxygen atoms in total. The van der Waals surface area contributed by atoms with Crippen LogP contribution < -0.4 is 10.6 Å². The third kappa shape index (κ3) is 4.32. The van der Waals surface area contributed by atoms with E-state index in [1.807, 2.05) is 32.9 Å². The highest BCUT2D eigenvalue weighted by Crippen LogP contribution is 2.22. The molecule has 1 amide bonds. The van der Waals surface area contributed by atoms with Crippen LogP contribution in [-0.4, -0.2) is 12.5 Å². The van der Waals surface area contributed by atoms with E-state index in [2.05, 4.69) is 10.6 Å². The second-order valence-electron chi connectivity index (χ2n) is 5.51. The van der Waals surface area contributed by atoms with Crippen molar-refractivity contribution in [2.75, 3.05) is 17.2 Å². The van der Waals surface area contributed by atoms with Gasteiger partial charge in [-0.1, -0.05) is 23.8 Å². The summed E-state index contributed by atoms with van der Waals surface area (Å²) in [5.74, 6) is -0.348. The van der Waals surface area contributed by atoms with Gasteiger partial charge in [-0.05, 0) is 50.1 Å². The Hall–Kier alpha value is -2.36. The van der Waals surface area contributed by atoms with Crippen molar-refractivity contribution in [3.63, 3.8) is 0 Å². The zero-order chi connectivity index (χ0) is 16.1. The maximum Gasteiger partial charge on any atom is 0.226 e. The van der Waals surface area contributed by atoms with Crippen molar-refractivity contribution in [1.82, 2.24) is 0 Å². The first-order chi connectivity index (χ1) is 10.5. The van der Waals surface area contributed by atoms with Gasteiger partial charge in [-0.25, -0.2) is 4.39 Å². The maximum absolute atomic E-state index is 13.0. The van der Waals surface area contributed by atoms with Gasteiger partial charge in [-0.2, -0.15) is 0 Å². The summed E-state index contributed by atoms with van der Waals surface area (Å²) >= 11 is 0. The monoisotopic (exact) mass is 300 g/mol. The number of anilines is 2. The fourth-order valence-electron chi connectivity index (χ4n) is 2.50. The number of hydrogen-bond acceptors (Lipinski definition) is 2. The molecule has 0 heterocycles. The smallest absolute Gasteiger partial charge is 0.226 e. The highest BCUT2D eigenvalue weighted by atomic mass is 19.1. The Morgan fingerprint density at radius 2 is 1.77 bits per heavy atom. The molecule has 0 fully saturated rings. The lowest BCUT2D eigenvalue weighted by atomic mass is 10.1. The molecule has 0 saturated carbocycles. The van der Waals surface area contributed by atoms with E-state index in [9.17, 15) is 9.18 Å². The molecular weight excluding hydrogens is 279 g/mol. The lowest BCUT2D eigenvalue weighted by Crippen LogP contribution is -2.17. The van der Waals surface area contributed by atoms with Gasteiger partial charge in [0.05, 0.1) is 0 Å². The number of carbonyl (C=O) groups excluding carboxylic acids is 1. The maximum atomic E-state index is 13.0. The van der Waals surface area contributed by atoms with Crippen molar-refractivity contribution in [2.24, 2.45) is 0 Å². The predicted molar refractivity (Wildman–Crippen MR) is 88.8 cm³/mol. The molecule has 0 atom stereocenters. The predicted octanol–water partition coefficient (Wildman–Crippen LogP) is 4.19. The summed E-state index contributed by atoms with van der Waals surface area (Å²) < 4.78 is 13.0. The number of aryl methyl sites for hydroxylation is 3. The van der Waals surface area contributed by atoms with Gasteiger partial charge in [0.2, 0.25) is 5.91 Å². The van der Waals surface area contributed by atoms with E-state index >= 15 is 0 Å². The minimum Gasteiger partial charge on any atom is -0.384 e. The molecule has 2 N–H and O–H groups in total. The SMILES string of the molecule is Cc1cc(C)c(NC(=O)CCNc2cccc(F)c2)c(C)c1. The summed E-state index contributed by atoms with van der Waals surface area (Å²) in [5, 5.41) is 5.99. The van der Waals surface area contributed by atoms with Crippen molar-refractivity contribution < 1.29 is 9.18 Å². The average molecular weight is 300 g/mol. The molecule has 22 heavy (non-hydrogen) atoms. The van der Waals surface area contributed by atoms with Crippen LogP contribution in [-0.2, 0) is 4.79 Å². The fourth-order valence-corrected chi connectivity index (χ4v) is 2.50. The molecule has 116 valence electrons. The Kier molecular flexibility index (Phi) is 5.15. The number of halogens is 1. The molecule has 4 heteroatoms. The molecule has 0 aliphatic rings. The van der Waals surface area contributed by atoms with E-state index in [0.29, 0.717) is 18.7 Å². The third-order valence-corrected chi connectivity index (χ3v) is 3.45. The molecule has 2 aromatic rings. The number of benzene rings is 2. The Bertz CT molecular complexity index is 660. The van der Waals surface area contributed by atoms with Gasteiger partial charge < -0.3 is 10.6 Å². The van der Waals surface area contributed by atoms with Crippen LogP contribution in [0.2, 0.25) is 0 Å². The van der Waals surface area contributed by atoms with E-state index in [-0.39, 0.29) is 11.7 Å². The fraction of sp³-hybridized carbons (Fsp3) is 0.278. The zero-order valence-electron chi connectivity index (χ0n) is 13.2. The van der Waals surface area contributed by atoms with Gasteiger partial charge in [0, 0.05) is 24.3 Å². The third-order valence-electron chi connectivity index (χ3n) is 3.45. The number of hydrogen-bond donors (Lipinski definition) is 2. The normalized spacial score (nSPS) is 10.4. The largest absolute Gasteiger partial charge is 0.384 e. The highest BCUT2D eigenvalue weighted by molar-refractivity contribution is 5.92. The summed E-state index contributed by atoms with van der Waals surface area (Å²) in [6.45, 7) is 6.47. The first-order valence-corrected chi connectivity index (χ1v) is 7.33. The van der Waals surface area contributed by atoms with Crippen LogP contribution in [0.15, 0.2) is 36.4 Å². The zero-order valence-corrected chi connectivity index (χ0v) is 13.2. The first-order valence-electron chi connectivity index (χ1n) is 7.33. The van der Waals surface area contributed by atoms with E-state index in [4.69, 9.17) is 0 Å². The first kappa shape index (κ1) is 16.0. The van der Waals surface area contributed by atoms with E-state index in [1.165, 1.54) is 17.7 Å². The number of carbonyl (C=O) groups is 1. The Balaban J connectivity index is 1.89. The Morgan fingerprint density at radius 3 is 2.41 bits per heavy atom. The van der Waals surface area contributed by atoms with Gasteiger partial charge in [-0.15, -0.1) is 0 Å². The topological polar surface area (TPSA) is 41.1 Å². The van der Waals surface area contributed by atoms with Crippen molar-refractivity contribution >= 4 is 17.3 Å². The minimum absolute atomic E-state index is 0.0565. The van der Waals surface area contributed by atoms with E-state index < -0.39 is 0 Å². The molecule has 0 aliphatic heterocycles. The van der Waals surface area contributed by atoms with Gasteiger partial charge in [-0.3, -0.25) is 4.79 Å². The van der Waals surface area contributed by atoms with Gasteiger partial charge in [0.1, 0.15) is 5.82 Å². The average Bonchev–Trinajstić information content (AvgIpc) is 2.43. The molecule has 0 unspecified atom stereocenters. The molecule has 0 aliphatic carbocycles. The van der Waals surface area contributed by atoms with Crippen LogP contribution in [0.4, 0.5) is 15.8 Å². The van der Waals surface area contributed by atoms with E-state index in [1.54, 1.807) is 12.1 Å².